The summed E-state index contributed by atoms with van der Waals surface area (Å²) >= 11 is 0. The highest BCUT2D eigenvalue weighted by atomic mass is 16.3. The number of fused-ring (bicyclic) bond motifs is 1. The SMILES string of the molecule is Cc1cc2cc(C(=O)NCCCn3ccnn3)ccc2o1. The van der Waals surface area contributed by atoms with Gasteiger partial charge in [-0.2, -0.15) is 0 Å². The van der Waals surface area contributed by atoms with Gasteiger partial charge in [-0.1, -0.05) is 5.21 Å². The first-order chi connectivity index (χ1) is 10.2. The molecule has 1 N–H and O–H groups in total. The van der Waals surface area contributed by atoms with Crippen LogP contribution in [0.2, 0.25) is 0 Å². The molecular weight excluding hydrogens is 268 g/mol. The van der Waals surface area contributed by atoms with Gasteiger partial charge in [0.2, 0.25) is 0 Å². The number of nitrogens with one attached hydrogen (secondary N) is 1. The van der Waals surface area contributed by atoms with E-state index in [1.807, 2.05) is 25.1 Å². The van der Waals surface area contributed by atoms with Crippen LogP contribution in [0.15, 0.2) is 41.1 Å². The summed E-state index contributed by atoms with van der Waals surface area (Å²) in [6.07, 6.45) is 4.25. The van der Waals surface area contributed by atoms with E-state index >= 15 is 0 Å². The molecule has 6 nitrogen and oxygen atoms in total. The van der Waals surface area contributed by atoms with E-state index in [-0.39, 0.29) is 5.91 Å². The Hall–Kier alpha value is -2.63. The average Bonchev–Trinajstić information content (AvgIpc) is 3.10. The second-order valence-corrected chi connectivity index (χ2v) is 4.89. The molecule has 0 spiro atoms. The molecule has 0 fully saturated rings. The topological polar surface area (TPSA) is 73.0 Å². The highest BCUT2D eigenvalue weighted by Crippen LogP contribution is 2.20. The number of aromatic nitrogens is 3. The van der Waals surface area contributed by atoms with E-state index < -0.39 is 0 Å². The first kappa shape index (κ1) is 13.4. The average molecular weight is 284 g/mol. The lowest BCUT2D eigenvalue weighted by Crippen LogP contribution is -2.25. The Morgan fingerprint density at radius 1 is 1.38 bits per heavy atom. The Kier molecular flexibility index (Phi) is 3.68. The van der Waals surface area contributed by atoms with E-state index in [4.69, 9.17) is 4.42 Å². The van der Waals surface area contributed by atoms with Gasteiger partial charge < -0.3 is 9.73 Å². The Balaban J connectivity index is 1.56. The molecule has 0 aliphatic heterocycles. The van der Waals surface area contributed by atoms with Gasteiger partial charge in [0.25, 0.3) is 5.91 Å². The normalized spacial score (nSPS) is 10.9. The molecule has 0 saturated carbocycles. The highest BCUT2D eigenvalue weighted by molar-refractivity contribution is 5.97. The fourth-order valence-electron chi connectivity index (χ4n) is 2.21. The molecule has 1 amide bonds. The zero-order valence-corrected chi connectivity index (χ0v) is 11.7. The quantitative estimate of drug-likeness (QED) is 0.729. The van der Waals surface area contributed by atoms with Gasteiger partial charge in [-0.15, -0.1) is 5.10 Å². The van der Waals surface area contributed by atoms with E-state index in [2.05, 4.69) is 15.6 Å². The minimum atomic E-state index is -0.0747. The fraction of sp³-hybridized carbons (Fsp3) is 0.267. The number of carbonyl (C=O) groups excluding carboxylic acids is 1. The van der Waals surface area contributed by atoms with Crippen molar-refractivity contribution in [3.05, 3.63) is 48.0 Å². The molecule has 0 aliphatic carbocycles. The van der Waals surface area contributed by atoms with E-state index in [9.17, 15) is 4.79 Å². The third kappa shape index (κ3) is 3.10. The van der Waals surface area contributed by atoms with Crippen molar-refractivity contribution < 1.29 is 9.21 Å². The van der Waals surface area contributed by atoms with Crippen molar-refractivity contribution >= 4 is 16.9 Å². The second kappa shape index (κ2) is 5.78. The summed E-state index contributed by atoms with van der Waals surface area (Å²) in [6.45, 7) is 3.23. The van der Waals surface area contributed by atoms with Gasteiger partial charge in [0.15, 0.2) is 0 Å². The first-order valence-corrected chi connectivity index (χ1v) is 6.85. The Bertz CT molecular complexity index is 746. The maximum Gasteiger partial charge on any atom is 0.251 e. The molecule has 3 aromatic rings. The zero-order valence-electron chi connectivity index (χ0n) is 11.7. The van der Waals surface area contributed by atoms with E-state index in [1.165, 1.54) is 0 Å². The van der Waals surface area contributed by atoms with Gasteiger partial charge in [-0.25, -0.2) is 0 Å². The van der Waals surface area contributed by atoms with Crippen LogP contribution in [0.4, 0.5) is 0 Å². The standard InChI is InChI=1S/C15H16N4O2/c1-11-9-13-10-12(3-4-14(13)21-11)15(20)16-5-2-7-19-8-6-17-18-19/h3-4,6,8-10H,2,5,7H2,1H3,(H,16,20). The third-order valence-corrected chi connectivity index (χ3v) is 3.22. The van der Waals surface area contributed by atoms with Crippen molar-refractivity contribution in [2.24, 2.45) is 0 Å². The van der Waals surface area contributed by atoms with Gasteiger partial charge >= 0.3 is 0 Å². The molecule has 1 aromatic carbocycles. The smallest absolute Gasteiger partial charge is 0.251 e. The van der Waals surface area contributed by atoms with Crippen molar-refractivity contribution in [3.63, 3.8) is 0 Å². The molecule has 0 unspecified atom stereocenters. The molecule has 0 atom stereocenters. The lowest BCUT2D eigenvalue weighted by Gasteiger charge is -2.05. The van der Waals surface area contributed by atoms with Crippen LogP contribution in [0.3, 0.4) is 0 Å². The van der Waals surface area contributed by atoms with E-state index in [1.54, 1.807) is 23.1 Å². The van der Waals surface area contributed by atoms with Crippen LogP contribution in [0.25, 0.3) is 11.0 Å². The predicted octanol–water partition coefficient (Wildman–Crippen LogP) is 2.15. The fourth-order valence-corrected chi connectivity index (χ4v) is 2.21. The molecule has 3 rings (SSSR count). The van der Waals surface area contributed by atoms with Gasteiger partial charge in [0.05, 0.1) is 6.20 Å². The number of hydrogen-bond acceptors (Lipinski definition) is 4. The minimum Gasteiger partial charge on any atom is -0.461 e. The number of hydrogen-bond donors (Lipinski definition) is 1. The van der Waals surface area contributed by atoms with Crippen LogP contribution < -0.4 is 5.32 Å². The van der Waals surface area contributed by atoms with Gasteiger partial charge in [0, 0.05) is 30.2 Å². The highest BCUT2D eigenvalue weighted by Gasteiger charge is 2.08. The van der Waals surface area contributed by atoms with Crippen molar-refractivity contribution in [2.75, 3.05) is 6.54 Å². The van der Waals surface area contributed by atoms with Crippen LogP contribution in [-0.2, 0) is 6.54 Å². The molecule has 0 bridgehead atoms. The summed E-state index contributed by atoms with van der Waals surface area (Å²) in [6, 6.07) is 7.38. The largest absolute Gasteiger partial charge is 0.461 e. The maximum absolute atomic E-state index is 12.1. The predicted molar refractivity (Wildman–Crippen MR) is 77.9 cm³/mol. The van der Waals surface area contributed by atoms with Crippen molar-refractivity contribution in [3.8, 4) is 0 Å². The minimum absolute atomic E-state index is 0.0747. The summed E-state index contributed by atoms with van der Waals surface area (Å²) in [4.78, 5) is 12.1. The molecule has 2 heterocycles. The van der Waals surface area contributed by atoms with E-state index in [0.29, 0.717) is 12.1 Å². The number of carbonyl (C=O) groups is 1. The molecule has 108 valence electrons. The van der Waals surface area contributed by atoms with Crippen LogP contribution in [0.1, 0.15) is 22.5 Å². The van der Waals surface area contributed by atoms with Crippen molar-refractivity contribution in [1.82, 2.24) is 20.3 Å². The van der Waals surface area contributed by atoms with E-state index in [0.717, 1.165) is 29.7 Å². The second-order valence-electron chi connectivity index (χ2n) is 4.89. The van der Waals surface area contributed by atoms with Gasteiger partial charge in [0.1, 0.15) is 11.3 Å². The van der Waals surface area contributed by atoms with Crippen molar-refractivity contribution in [1.29, 1.82) is 0 Å². The molecule has 21 heavy (non-hydrogen) atoms. The van der Waals surface area contributed by atoms with Gasteiger partial charge in [-0.05, 0) is 37.6 Å². The molecule has 2 aromatic heterocycles. The maximum atomic E-state index is 12.1. The Morgan fingerprint density at radius 2 is 2.29 bits per heavy atom. The number of furan rings is 1. The number of rotatable bonds is 5. The molecule has 0 radical (unpaired) electrons. The Labute approximate surface area is 121 Å². The third-order valence-electron chi connectivity index (χ3n) is 3.22. The van der Waals surface area contributed by atoms with Crippen LogP contribution >= 0.6 is 0 Å². The van der Waals surface area contributed by atoms with Crippen LogP contribution in [-0.4, -0.2) is 27.4 Å². The summed E-state index contributed by atoms with van der Waals surface area (Å²) in [5.41, 5.74) is 1.44. The summed E-state index contributed by atoms with van der Waals surface area (Å²) in [5, 5.41) is 11.5. The van der Waals surface area contributed by atoms with Crippen molar-refractivity contribution in [2.45, 2.75) is 19.9 Å². The lowest BCUT2D eigenvalue weighted by atomic mass is 10.1. The Morgan fingerprint density at radius 3 is 3.10 bits per heavy atom. The monoisotopic (exact) mass is 284 g/mol. The molecule has 0 aliphatic rings. The molecule has 6 heteroatoms. The van der Waals surface area contributed by atoms with Gasteiger partial charge in [-0.3, -0.25) is 9.48 Å². The number of aryl methyl sites for hydroxylation is 2. The summed E-state index contributed by atoms with van der Waals surface area (Å²) in [7, 11) is 0. The summed E-state index contributed by atoms with van der Waals surface area (Å²) in [5.74, 6) is 0.768. The number of benzene rings is 1. The number of nitrogens with zero attached hydrogens (tertiary/aromatic N) is 3. The number of amides is 1. The lowest BCUT2D eigenvalue weighted by molar-refractivity contribution is 0.0952. The molecule has 0 saturated heterocycles. The summed E-state index contributed by atoms with van der Waals surface area (Å²) < 4.78 is 7.24. The molecular formula is C15H16N4O2. The zero-order chi connectivity index (χ0) is 14.7. The van der Waals surface area contributed by atoms with Crippen LogP contribution in [0, 0.1) is 6.92 Å². The first-order valence-electron chi connectivity index (χ1n) is 6.85. The van der Waals surface area contributed by atoms with Crippen LogP contribution in [0.5, 0.6) is 0 Å².